The predicted octanol–water partition coefficient (Wildman–Crippen LogP) is 2.83. The lowest BCUT2D eigenvalue weighted by Gasteiger charge is -2.41. The monoisotopic (exact) mass is 525 g/mol. The molecular formula is C21H25BINO6. The average Bonchev–Trinajstić information content (AvgIpc) is 2.94. The molecule has 0 unspecified atom stereocenters. The fraction of sp³-hybridized carbons (Fsp3) is 0.524. The smallest absolute Gasteiger partial charge is 0.487 e. The Morgan fingerprint density at radius 3 is 2.70 bits per heavy atom. The Kier molecular flexibility index (Phi) is 5.89. The maximum atomic E-state index is 13.2. The van der Waals surface area contributed by atoms with Gasteiger partial charge in [-0.2, -0.15) is 0 Å². The van der Waals surface area contributed by atoms with E-state index < -0.39 is 19.1 Å². The van der Waals surface area contributed by atoms with Gasteiger partial charge in [-0.1, -0.05) is 12.5 Å². The average molecular weight is 525 g/mol. The number of phenols is 1. The highest BCUT2D eigenvalue weighted by molar-refractivity contribution is 14.1. The van der Waals surface area contributed by atoms with Crippen molar-refractivity contribution in [3.8, 4) is 11.5 Å². The molecule has 30 heavy (non-hydrogen) atoms. The summed E-state index contributed by atoms with van der Waals surface area (Å²) in [6, 6.07) is 3.49. The van der Waals surface area contributed by atoms with Crippen molar-refractivity contribution in [2.24, 2.45) is 17.8 Å². The van der Waals surface area contributed by atoms with E-state index in [1.807, 2.05) is 36.4 Å². The molecule has 4 atom stereocenters. The molecule has 2 aliphatic heterocycles. The zero-order valence-corrected chi connectivity index (χ0v) is 19.4. The van der Waals surface area contributed by atoms with Gasteiger partial charge >= 0.3 is 7.12 Å². The summed E-state index contributed by atoms with van der Waals surface area (Å²) in [6.45, 7) is 4.30. The first-order chi connectivity index (χ1) is 14.3. The first-order valence-corrected chi connectivity index (χ1v) is 11.3. The summed E-state index contributed by atoms with van der Waals surface area (Å²) >= 11 is 2.02. The van der Waals surface area contributed by atoms with Crippen LogP contribution in [-0.4, -0.2) is 47.6 Å². The normalized spacial score (nSPS) is 28.7. The summed E-state index contributed by atoms with van der Waals surface area (Å²) in [5, 5.41) is 21.0. The Bertz CT molecular complexity index is 934. The highest BCUT2D eigenvalue weighted by Gasteiger charge is 2.57. The molecule has 0 radical (unpaired) electrons. The Labute approximate surface area is 189 Å². The number of carbonyl (C=O) groups excluding carboxylic acids is 2. The molecule has 1 aromatic rings. The van der Waals surface area contributed by atoms with Crippen molar-refractivity contribution in [1.29, 1.82) is 0 Å². The summed E-state index contributed by atoms with van der Waals surface area (Å²) in [5.41, 5.74) is 2.44. The number of aromatic hydroxyl groups is 1. The van der Waals surface area contributed by atoms with Gasteiger partial charge in [-0.25, -0.2) is 0 Å². The van der Waals surface area contributed by atoms with Gasteiger partial charge in [0, 0.05) is 6.54 Å². The number of benzene rings is 1. The van der Waals surface area contributed by atoms with Gasteiger partial charge in [0.2, 0.25) is 11.8 Å². The van der Waals surface area contributed by atoms with Crippen LogP contribution in [0.2, 0.25) is 0 Å². The number of rotatable bonds is 4. The van der Waals surface area contributed by atoms with Crippen LogP contribution in [0.4, 0.5) is 0 Å². The molecule has 7 nitrogen and oxygen atoms in total. The summed E-state index contributed by atoms with van der Waals surface area (Å²) in [6.07, 6.45) is 1.21. The van der Waals surface area contributed by atoms with Crippen molar-refractivity contribution in [2.45, 2.75) is 39.2 Å². The van der Waals surface area contributed by atoms with Crippen LogP contribution in [0.1, 0.15) is 44.8 Å². The van der Waals surface area contributed by atoms with Gasteiger partial charge in [-0.15, -0.1) is 0 Å². The third kappa shape index (κ3) is 3.35. The summed E-state index contributed by atoms with van der Waals surface area (Å²) in [5.74, 6) is -0.918. The summed E-state index contributed by atoms with van der Waals surface area (Å²) in [4.78, 5) is 27.5. The van der Waals surface area contributed by atoms with E-state index in [2.05, 4.69) is 0 Å². The molecule has 2 N–H and O–H groups in total. The topological polar surface area (TPSA) is 96.3 Å². The number of hydrogen-bond acceptors (Lipinski definition) is 6. The Hall–Kier alpha value is -1.59. The molecule has 0 aromatic heterocycles. The van der Waals surface area contributed by atoms with Crippen LogP contribution >= 0.6 is 22.6 Å². The van der Waals surface area contributed by atoms with Gasteiger partial charge < -0.3 is 19.5 Å². The number of nitrogens with zero attached hydrogens (tertiary/aromatic N) is 1. The standard InChI is InChI=1S/C21H25BINO6/c1-4-5-24-20(26)13-6-10(2)18-12(17(13)21(24)27)9-15(30-22(18)28)11-7-14(23)19(25)16(8-11)29-3/h7-8,12-13,15,17,25,28H,4-6,9H2,1-3H3/t12-,13-,15-,17+/m0/s1. The molecule has 0 spiro atoms. The molecule has 2 heterocycles. The molecule has 2 amide bonds. The van der Waals surface area contributed by atoms with Crippen molar-refractivity contribution in [1.82, 2.24) is 4.90 Å². The molecule has 4 rings (SSSR count). The number of fused-ring (bicyclic) bond motifs is 3. The van der Waals surface area contributed by atoms with Crippen LogP contribution in [0.15, 0.2) is 23.2 Å². The van der Waals surface area contributed by atoms with E-state index in [9.17, 15) is 19.7 Å². The van der Waals surface area contributed by atoms with Crippen LogP contribution in [-0.2, 0) is 14.2 Å². The minimum absolute atomic E-state index is 0.0548. The molecule has 0 saturated carbocycles. The second-order valence-corrected chi connectivity index (χ2v) is 9.44. The Balaban J connectivity index is 1.71. The molecule has 9 heteroatoms. The van der Waals surface area contributed by atoms with Crippen LogP contribution < -0.4 is 4.74 Å². The number of imide groups is 1. The molecule has 160 valence electrons. The maximum absolute atomic E-state index is 13.2. The van der Waals surface area contributed by atoms with Crippen LogP contribution in [0.25, 0.3) is 0 Å². The van der Waals surface area contributed by atoms with Gasteiger partial charge in [0.25, 0.3) is 0 Å². The van der Waals surface area contributed by atoms with E-state index in [4.69, 9.17) is 9.39 Å². The minimum Gasteiger partial charge on any atom is -0.504 e. The second-order valence-electron chi connectivity index (χ2n) is 8.27. The van der Waals surface area contributed by atoms with E-state index in [-0.39, 0.29) is 29.4 Å². The number of likely N-dealkylation sites (tertiary alicyclic amines) is 1. The molecule has 2 fully saturated rings. The van der Waals surface area contributed by atoms with Crippen molar-refractivity contribution in [2.75, 3.05) is 13.7 Å². The SMILES string of the molecule is CCCN1C(=O)[C@H]2[C@H](CC(C)=C3B(O)O[C@H](c4cc(I)c(O)c(OC)c4)C[C@H]32)C1=O. The van der Waals surface area contributed by atoms with Gasteiger partial charge in [0.15, 0.2) is 11.5 Å². The number of ether oxygens (including phenoxy) is 1. The highest BCUT2D eigenvalue weighted by Crippen LogP contribution is 2.51. The zero-order valence-electron chi connectivity index (χ0n) is 17.2. The third-order valence-electron chi connectivity index (χ3n) is 6.54. The molecule has 0 bridgehead atoms. The number of halogens is 1. The first-order valence-electron chi connectivity index (χ1n) is 10.2. The Morgan fingerprint density at radius 2 is 2.03 bits per heavy atom. The predicted molar refractivity (Wildman–Crippen MR) is 119 cm³/mol. The van der Waals surface area contributed by atoms with E-state index in [0.717, 1.165) is 23.0 Å². The van der Waals surface area contributed by atoms with Gasteiger partial charge in [0.05, 0.1) is 28.6 Å². The number of hydrogen-bond donors (Lipinski definition) is 2. The molecular weight excluding hydrogens is 500 g/mol. The zero-order chi connectivity index (χ0) is 21.7. The Morgan fingerprint density at radius 1 is 1.30 bits per heavy atom. The highest BCUT2D eigenvalue weighted by atomic mass is 127. The largest absolute Gasteiger partial charge is 0.504 e. The first kappa shape index (κ1) is 21.6. The number of carbonyl (C=O) groups is 2. The van der Waals surface area contributed by atoms with E-state index in [0.29, 0.717) is 28.7 Å². The lowest BCUT2D eigenvalue weighted by Crippen LogP contribution is -2.44. The van der Waals surface area contributed by atoms with Crippen molar-refractivity contribution < 1.29 is 29.1 Å². The van der Waals surface area contributed by atoms with Crippen LogP contribution in [0, 0.1) is 21.3 Å². The third-order valence-corrected chi connectivity index (χ3v) is 7.36. The molecule has 1 aliphatic carbocycles. The van der Waals surface area contributed by atoms with Gasteiger partial charge in [-0.3, -0.25) is 14.5 Å². The molecule has 3 aliphatic rings. The fourth-order valence-corrected chi connectivity index (χ4v) is 5.84. The second kappa shape index (κ2) is 8.16. The van der Waals surface area contributed by atoms with E-state index in [1.165, 1.54) is 12.0 Å². The summed E-state index contributed by atoms with van der Waals surface area (Å²) in [7, 11) is 0.349. The van der Waals surface area contributed by atoms with Crippen LogP contribution in [0.3, 0.4) is 0 Å². The number of phenolic OH excluding ortho intramolecular Hbond substituents is 1. The number of methoxy groups -OCH3 is 1. The van der Waals surface area contributed by atoms with Crippen molar-refractivity contribution in [3.63, 3.8) is 0 Å². The van der Waals surface area contributed by atoms with Crippen LogP contribution in [0.5, 0.6) is 11.5 Å². The number of amides is 2. The van der Waals surface area contributed by atoms with Gasteiger partial charge in [0.1, 0.15) is 0 Å². The van der Waals surface area contributed by atoms with Gasteiger partial charge in [-0.05, 0) is 77.9 Å². The van der Waals surface area contributed by atoms with E-state index >= 15 is 0 Å². The quantitative estimate of drug-likeness (QED) is 0.357. The lowest BCUT2D eigenvalue weighted by atomic mass is 9.55. The number of allylic oxidation sites excluding steroid dienone is 2. The fourth-order valence-electron chi connectivity index (χ4n) is 5.22. The molecule has 1 aromatic carbocycles. The van der Waals surface area contributed by atoms with Crippen molar-refractivity contribution >= 4 is 41.5 Å². The summed E-state index contributed by atoms with van der Waals surface area (Å²) < 4.78 is 11.8. The van der Waals surface area contributed by atoms with E-state index in [1.54, 1.807) is 12.1 Å². The lowest BCUT2D eigenvalue weighted by molar-refractivity contribution is -0.140. The maximum Gasteiger partial charge on any atom is 0.487 e. The van der Waals surface area contributed by atoms with Crippen molar-refractivity contribution in [3.05, 3.63) is 32.3 Å². The molecule has 2 saturated heterocycles. The minimum atomic E-state index is -1.13.